The van der Waals surface area contributed by atoms with E-state index in [1.165, 1.54) is 11.1 Å². The molecule has 0 saturated heterocycles. The van der Waals surface area contributed by atoms with Crippen molar-refractivity contribution in [1.29, 1.82) is 0 Å². The molecule has 20 heavy (non-hydrogen) atoms. The summed E-state index contributed by atoms with van der Waals surface area (Å²) >= 11 is 0. The lowest BCUT2D eigenvalue weighted by Crippen LogP contribution is -2.51. The number of amides is 2. The SMILES string of the molecule is CC(O)(CNC(=O)NC1Cc2ccccc2C1)C(=O)O. The van der Waals surface area contributed by atoms with Crippen LogP contribution in [-0.4, -0.2) is 40.4 Å². The Balaban J connectivity index is 1.81. The number of carbonyl (C=O) groups excluding carboxylic acids is 1. The Morgan fingerprint density at radius 1 is 1.30 bits per heavy atom. The average Bonchev–Trinajstić information content (AvgIpc) is 2.78. The zero-order chi connectivity index (χ0) is 14.8. The summed E-state index contributed by atoms with van der Waals surface area (Å²) in [5.74, 6) is -1.37. The van der Waals surface area contributed by atoms with Crippen LogP contribution in [0.4, 0.5) is 4.79 Å². The molecular weight excluding hydrogens is 260 g/mol. The summed E-state index contributed by atoms with van der Waals surface area (Å²) in [5.41, 5.74) is 0.473. The lowest BCUT2D eigenvalue weighted by atomic mass is 10.1. The average molecular weight is 278 g/mol. The summed E-state index contributed by atoms with van der Waals surface area (Å²) < 4.78 is 0. The van der Waals surface area contributed by atoms with Crippen LogP contribution in [0, 0.1) is 0 Å². The molecule has 6 heteroatoms. The minimum absolute atomic E-state index is 0.00202. The Bertz CT molecular complexity index is 503. The minimum atomic E-state index is -1.96. The molecule has 108 valence electrons. The Hall–Kier alpha value is -2.08. The van der Waals surface area contributed by atoms with E-state index in [0.717, 1.165) is 19.8 Å². The van der Waals surface area contributed by atoms with E-state index in [9.17, 15) is 14.7 Å². The highest BCUT2D eigenvalue weighted by molar-refractivity contribution is 5.79. The predicted molar refractivity (Wildman–Crippen MR) is 72.4 cm³/mol. The number of aliphatic carboxylic acids is 1. The van der Waals surface area contributed by atoms with Gasteiger partial charge in [0.15, 0.2) is 5.60 Å². The molecule has 6 nitrogen and oxygen atoms in total. The molecule has 1 unspecified atom stereocenters. The second-order valence-corrected chi connectivity index (χ2v) is 5.28. The summed E-state index contributed by atoms with van der Waals surface area (Å²) in [5, 5.41) is 23.4. The standard InChI is InChI=1S/C14H18N2O4/c1-14(20,12(17)18)8-15-13(19)16-11-6-9-4-2-3-5-10(9)7-11/h2-5,11,20H,6-8H2,1H3,(H,17,18)(H2,15,16,19). The maximum atomic E-state index is 11.7. The fourth-order valence-electron chi connectivity index (χ4n) is 2.23. The van der Waals surface area contributed by atoms with Gasteiger partial charge in [0.25, 0.3) is 0 Å². The van der Waals surface area contributed by atoms with Crippen LogP contribution in [0.25, 0.3) is 0 Å². The summed E-state index contributed by atoms with van der Waals surface area (Å²) in [6, 6.07) is 7.52. The molecule has 0 radical (unpaired) electrons. The molecule has 0 fully saturated rings. The molecule has 2 amide bonds. The van der Waals surface area contributed by atoms with Gasteiger partial charge in [-0.05, 0) is 30.9 Å². The van der Waals surface area contributed by atoms with Gasteiger partial charge in [-0.1, -0.05) is 24.3 Å². The van der Waals surface area contributed by atoms with E-state index in [0.29, 0.717) is 0 Å². The van der Waals surface area contributed by atoms with Crippen molar-refractivity contribution < 1.29 is 19.8 Å². The molecular formula is C14H18N2O4. The van der Waals surface area contributed by atoms with E-state index in [1.54, 1.807) is 0 Å². The zero-order valence-electron chi connectivity index (χ0n) is 11.2. The molecule has 0 aromatic heterocycles. The maximum absolute atomic E-state index is 11.7. The number of rotatable bonds is 4. The number of fused-ring (bicyclic) bond motifs is 1. The van der Waals surface area contributed by atoms with Crippen LogP contribution in [-0.2, 0) is 17.6 Å². The van der Waals surface area contributed by atoms with Gasteiger partial charge >= 0.3 is 12.0 Å². The van der Waals surface area contributed by atoms with Gasteiger partial charge in [-0.25, -0.2) is 9.59 Å². The fourth-order valence-corrected chi connectivity index (χ4v) is 2.23. The van der Waals surface area contributed by atoms with Gasteiger partial charge in [-0.15, -0.1) is 0 Å². The third-order valence-electron chi connectivity index (χ3n) is 3.44. The maximum Gasteiger partial charge on any atom is 0.337 e. The highest BCUT2D eigenvalue weighted by Crippen LogP contribution is 2.21. The zero-order valence-corrected chi connectivity index (χ0v) is 11.2. The van der Waals surface area contributed by atoms with Crippen LogP contribution in [0.3, 0.4) is 0 Å². The predicted octanol–water partition coefficient (Wildman–Crippen LogP) is 0.289. The molecule has 1 aliphatic rings. The van der Waals surface area contributed by atoms with Crippen molar-refractivity contribution in [2.75, 3.05) is 6.54 Å². The van der Waals surface area contributed by atoms with Gasteiger partial charge in [0.05, 0.1) is 6.54 Å². The van der Waals surface area contributed by atoms with Gasteiger partial charge in [0.2, 0.25) is 0 Å². The van der Waals surface area contributed by atoms with Crippen LogP contribution in [0.5, 0.6) is 0 Å². The van der Waals surface area contributed by atoms with Crippen molar-refractivity contribution in [3.05, 3.63) is 35.4 Å². The number of carboxylic acid groups (broad SMARTS) is 1. The molecule has 1 aliphatic carbocycles. The summed E-state index contributed by atoms with van der Waals surface area (Å²) in [4.78, 5) is 22.4. The number of carbonyl (C=O) groups is 2. The normalized spacial score (nSPS) is 17.1. The molecule has 0 saturated carbocycles. The Kier molecular flexibility index (Phi) is 3.94. The molecule has 2 rings (SSSR count). The van der Waals surface area contributed by atoms with Crippen LogP contribution in [0.2, 0.25) is 0 Å². The largest absolute Gasteiger partial charge is 0.479 e. The van der Waals surface area contributed by atoms with E-state index in [-0.39, 0.29) is 12.6 Å². The van der Waals surface area contributed by atoms with Gasteiger partial charge in [0, 0.05) is 6.04 Å². The van der Waals surface area contributed by atoms with Gasteiger partial charge in [0.1, 0.15) is 0 Å². The van der Waals surface area contributed by atoms with Crippen molar-refractivity contribution in [3.8, 4) is 0 Å². The lowest BCUT2D eigenvalue weighted by Gasteiger charge is -2.19. The molecule has 0 aliphatic heterocycles. The van der Waals surface area contributed by atoms with Crippen molar-refractivity contribution in [2.24, 2.45) is 0 Å². The first kappa shape index (κ1) is 14.3. The summed E-state index contributed by atoms with van der Waals surface area (Å²) in [6.07, 6.45) is 1.53. The lowest BCUT2D eigenvalue weighted by molar-refractivity contribution is -0.155. The third-order valence-corrected chi connectivity index (χ3v) is 3.44. The molecule has 1 aromatic carbocycles. The number of hydrogen-bond acceptors (Lipinski definition) is 3. The first-order valence-electron chi connectivity index (χ1n) is 6.45. The Labute approximate surface area is 116 Å². The van der Waals surface area contributed by atoms with Crippen LogP contribution >= 0.6 is 0 Å². The van der Waals surface area contributed by atoms with Crippen LogP contribution in [0.1, 0.15) is 18.1 Å². The van der Waals surface area contributed by atoms with E-state index < -0.39 is 17.6 Å². The monoisotopic (exact) mass is 278 g/mol. The minimum Gasteiger partial charge on any atom is -0.479 e. The first-order valence-corrected chi connectivity index (χ1v) is 6.45. The third kappa shape index (κ3) is 3.27. The van der Waals surface area contributed by atoms with Crippen molar-refractivity contribution >= 4 is 12.0 Å². The van der Waals surface area contributed by atoms with E-state index in [2.05, 4.69) is 10.6 Å². The number of urea groups is 1. The molecule has 0 bridgehead atoms. The highest BCUT2D eigenvalue weighted by atomic mass is 16.4. The second kappa shape index (κ2) is 5.50. The number of aliphatic hydroxyl groups is 1. The first-order chi connectivity index (χ1) is 9.38. The van der Waals surface area contributed by atoms with E-state index in [4.69, 9.17) is 5.11 Å². The van der Waals surface area contributed by atoms with Crippen LogP contribution < -0.4 is 10.6 Å². The molecule has 4 N–H and O–H groups in total. The summed E-state index contributed by atoms with van der Waals surface area (Å²) in [7, 11) is 0. The van der Waals surface area contributed by atoms with Crippen LogP contribution in [0.15, 0.2) is 24.3 Å². The number of benzene rings is 1. The number of hydrogen-bond donors (Lipinski definition) is 4. The fraction of sp³-hybridized carbons (Fsp3) is 0.429. The molecule has 0 spiro atoms. The number of nitrogens with one attached hydrogen (secondary N) is 2. The van der Waals surface area contributed by atoms with Crippen molar-refractivity contribution in [3.63, 3.8) is 0 Å². The topological polar surface area (TPSA) is 98.7 Å². The van der Waals surface area contributed by atoms with Crippen molar-refractivity contribution in [2.45, 2.75) is 31.4 Å². The van der Waals surface area contributed by atoms with Gasteiger partial charge in [-0.2, -0.15) is 0 Å². The molecule has 1 aromatic rings. The quantitative estimate of drug-likeness (QED) is 0.636. The number of carboxylic acids is 1. The van der Waals surface area contributed by atoms with Crippen molar-refractivity contribution in [1.82, 2.24) is 10.6 Å². The second-order valence-electron chi connectivity index (χ2n) is 5.28. The van der Waals surface area contributed by atoms with Gasteiger partial charge in [-0.3, -0.25) is 0 Å². The highest BCUT2D eigenvalue weighted by Gasteiger charge is 2.30. The molecule has 1 atom stereocenters. The van der Waals surface area contributed by atoms with E-state index >= 15 is 0 Å². The molecule has 0 heterocycles. The Morgan fingerprint density at radius 3 is 2.35 bits per heavy atom. The van der Waals surface area contributed by atoms with Gasteiger partial charge < -0.3 is 20.8 Å². The van der Waals surface area contributed by atoms with E-state index in [1.807, 2.05) is 24.3 Å². The smallest absolute Gasteiger partial charge is 0.337 e. The summed E-state index contributed by atoms with van der Waals surface area (Å²) in [6.45, 7) is 0.800. The Morgan fingerprint density at radius 2 is 1.85 bits per heavy atom.